The number of likely N-dealkylation sites (tertiary alicyclic amines) is 1. The highest BCUT2D eigenvalue weighted by Crippen LogP contribution is 2.19. The summed E-state index contributed by atoms with van der Waals surface area (Å²) in [5.74, 6) is 0.707. The summed E-state index contributed by atoms with van der Waals surface area (Å²) in [6, 6.07) is 0. The third-order valence-corrected chi connectivity index (χ3v) is 3.10. The number of methoxy groups -OCH3 is 2. The standard InChI is InChI=1S/C11H23NO2/c1-10-5-7-12(6-4-8-13-2)9-11(10)14-3/h10-11H,4-9H2,1-3H3/t10-,11?/m1/s1. The Morgan fingerprint density at radius 1 is 1.36 bits per heavy atom. The quantitative estimate of drug-likeness (QED) is 0.627. The first-order valence-electron chi connectivity index (χ1n) is 5.52. The summed E-state index contributed by atoms with van der Waals surface area (Å²) in [5.41, 5.74) is 0. The summed E-state index contributed by atoms with van der Waals surface area (Å²) in [5, 5.41) is 0. The van der Waals surface area contributed by atoms with Gasteiger partial charge in [-0.2, -0.15) is 0 Å². The molecule has 84 valence electrons. The van der Waals surface area contributed by atoms with E-state index in [1.807, 2.05) is 7.11 Å². The summed E-state index contributed by atoms with van der Waals surface area (Å²) in [6.07, 6.45) is 2.80. The molecule has 1 saturated heterocycles. The number of ether oxygens (including phenoxy) is 2. The Labute approximate surface area is 87.4 Å². The number of nitrogens with zero attached hydrogens (tertiary/aromatic N) is 1. The van der Waals surface area contributed by atoms with E-state index in [1.54, 1.807) is 7.11 Å². The smallest absolute Gasteiger partial charge is 0.0724 e. The lowest BCUT2D eigenvalue weighted by Crippen LogP contribution is -2.44. The van der Waals surface area contributed by atoms with Crippen LogP contribution < -0.4 is 0 Å². The van der Waals surface area contributed by atoms with Gasteiger partial charge in [0.1, 0.15) is 0 Å². The zero-order chi connectivity index (χ0) is 10.4. The van der Waals surface area contributed by atoms with Crippen LogP contribution in [0, 0.1) is 5.92 Å². The molecule has 1 unspecified atom stereocenters. The fourth-order valence-electron chi connectivity index (χ4n) is 2.04. The van der Waals surface area contributed by atoms with Crippen LogP contribution in [-0.4, -0.2) is 51.5 Å². The number of piperidine rings is 1. The normalized spacial score (nSPS) is 29.4. The van der Waals surface area contributed by atoms with Gasteiger partial charge in [-0.25, -0.2) is 0 Å². The lowest BCUT2D eigenvalue weighted by Gasteiger charge is -2.36. The molecule has 1 heterocycles. The molecule has 0 aromatic carbocycles. The van der Waals surface area contributed by atoms with Crippen molar-refractivity contribution in [2.45, 2.75) is 25.9 Å². The molecule has 0 aromatic rings. The lowest BCUT2D eigenvalue weighted by molar-refractivity contribution is -0.00670. The van der Waals surface area contributed by atoms with Crippen molar-refractivity contribution in [3.8, 4) is 0 Å². The van der Waals surface area contributed by atoms with Crippen LogP contribution in [0.4, 0.5) is 0 Å². The highest BCUT2D eigenvalue weighted by atomic mass is 16.5. The van der Waals surface area contributed by atoms with Gasteiger partial charge in [0.2, 0.25) is 0 Å². The van der Waals surface area contributed by atoms with Gasteiger partial charge in [-0.15, -0.1) is 0 Å². The van der Waals surface area contributed by atoms with Crippen LogP contribution in [0.5, 0.6) is 0 Å². The topological polar surface area (TPSA) is 21.7 Å². The van der Waals surface area contributed by atoms with Crippen LogP contribution >= 0.6 is 0 Å². The largest absolute Gasteiger partial charge is 0.385 e. The molecule has 1 rings (SSSR count). The van der Waals surface area contributed by atoms with Crippen molar-refractivity contribution < 1.29 is 9.47 Å². The van der Waals surface area contributed by atoms with Gasteiger partial charge in [0.05, 0.1) is 6.10 Å². The molecule has 0 N–H and O–H groups in total. The summed E-state index contributed by atoms with van der Waals surface area (Å²) < 4.78 is 10.5. The van der Waals surface area contributed by atoms with Crippen LogP contribution in [0.15, 0.2) is 0 Å². The van der Waals surface area contributed by atoms with Gasteiger partial charge < -0.3 is 14.4 Å². The average Bonchev–Trinajstić information content (AvgIpc) is 2.21. The Kier molecular flexibility index (Phi) is 5.45. The predicted molar refractivity (Wildman–Crippen MR) is 57.5 cm³/mol. The Morgan fingerprint density at radius 2 is 2.14 bits per heavy atom. The van der Waals surface area contributed by atoms with E-state index >= 15 is 0 Å². The fourth-order valence-corrected chi connectivity index (χ4v) is 2.04. The van der Waals surface area contributed by atoms with Crippen molar-refractivity contribution in [1.82, 2.24) is 4.90 Å². The van der Waals surface area contributed by atoms with Gasteiger partial charge in [0.25, 0.3) is 0 Å². The SMILES string of the molecule is COCCCN1CC[C@@H](C)C(OC)C1. The minimum absolute atomic E-state index is 0.422. The Balaban J connectivity index is 2.21. The maximum absolute atomic E-state index is 5.47. The first-order chi connectivity index (χ1) is 6.77. The molecule has 0 amide bonds. The number of rotatable bonds is 5. The van der Waals surface area contributed by atoms with E-state index in [4.69, 9.17) is 9.47 Å². The molecule has 1 fully saturated rings. The van der Waals surface area contributed by atoms with Gasteiger partial charge in [-0.05, 0) is 25.3 Å². The molecule has 3 heteroatoms. The van der Waals surface area contributed by atoms with Gasteiger partial charge in [-0.1, -0.05) is 6.92 Å². The molecule has 0 aliphatic carbocycles. The minimum Gasteiger partial charge on any atom is -0.385 e. The van der Waals surface area contributed by atoms with E-state index in [1.165, 1.54) is 13.0 Å². The highest BCUT2D eigenvalue weighted by molar-refractivity contribution is 4.78. The second-order valence-electron chi connectivity index (χ2n) is 4.19. The molecule has 14 heavy (non-hydrogen) atoms. The zero-order valence-corrected chi connectivity index (χ0v) is 9.66. The van der Waals surface area contributed by atoms with Crippen LogP contribution in [-0.2, 0) is 9.47 Å². The Bertz CT molecular complexity index is 152. The van der Waals surface area contributed by atoms with Gasteiger partial charge in [0, 0.05) is 33.9 Å². The van der Waals surface area contributed by atoms with Crippen LogP contribution in [0.2, 0.25) is 0 Å². The van der Waals surface area contributed by atoms with E-state index in [0.29, 0.717) is 12.0 Å². The second-order valence-corrected chi connectivity index (χ2v) is 4.19. The van der Waals surface area contributed by atoms with Crippen molar-refractivity contribution in [3.63, 3.8) is 0 Å². The molecule has 2 atom stereocenters. The molecule has 0 saturated carbocycles. The summed E-state index contributed by atoms with van der Waals surface area (Å²) in [4.78, 5) is 2.48. The molecule has 3 nitrogen and oxygen atoms in total. The molecule has 0 aromatic heterocycles. The zero-order valence-electron chi connectivity index (χ0n) is 9.66. The van der Waals surface area contributed by atoms with E-state index < -0.39 is 0 Å². The lowest BCUT2D eigenvalue weighted by atomic mass is 9.96. The number of hydrogen-bond donors (Lipinski definition) is 0. The molecule has 0 radical (unpaired) electrons. The summed E-state index contributed by atoms with van der Waals surface area (Å²) >= 11 is 0. The molecule has 1 aliphatic rings. The van der Waals surface area contributed by atoms with E-state index in [-0.39, 0.29) is 0 Å². The van der Waals surface area contributed by atoms with Crippen molar-refractivity contribution in [2.24, 2.45) is 5.92 Å². The Hall–Kier alpha value is -0.120. The second kappa shape index (κ2) is 6.38. The molecule has 1 aliphatic heterocycles. The third-order valence-electron chi connectivity index (χ3n) is 3.10. The van der Waals surface area contributed by atoms with Gasteiger partial charge >= 0.3 is 0 Å². The number of hydrogen-bond acceptors (Lipinski definition) is 3. The van der Waals surface area contributed by atoms with Gasteiger partial charge in [0.15, 0.2) is 0 Å². The van der Waals surface area contributed by atoms with Gasteiger partial charge in [-0.3, -0.25) is 0 Å². The Morgan fingerprint density at radius 3 is 2.79 bits per heavy atom. The molecule has 0 bridgehead atoms. The van der Waals surface area contributed by atoms with E-state index in [2.05, 4.69) is 11.8 Å². The first kappa shape index (κ1) is 12.0. The average molecular weight is 201 g/mol. The maximum Gasteiger partial charge on any atom is 0.0724 e. The van der Waals surface area contributed by atoms with Crippen LogP contribution in [0.25, 0.3) is 0 Å². The third kappa shape index (κ3) is 3.56. The molecule has 0 spiro atoms. The minimum atomic E-state index is 0.422. The first-order valence-corrected chi connectivity index (χ1v) is 5.52. The predicted octanol–water partition coefficient (Wildman–Crippen LogP) is 1.38. The maximum atomic E-state index is 5.47. The van der Waals surface area contributed by atoms with Crippen molar-refractivity contribution in [2.75, 3.05) is 40.5 Å². The highest BCUT2D eigenvalue weighted by Gasteiger charge is 2.25. The monoisotopic (exact) mass is 201 g/mol. The van der Waals surface area contributed by atoms with Crippen molar-refractivity contribution in [3.05, 3.63) is 0 Å². The summed E-state index contributed by atoms with van der Waals surface area (Å²) in [7, 11) is 3.58. The summed E-state index contributed by atoms with van der Waals surface area (Å²) in [6.45, 7) is 6.58. The van der Waals surface area contributed by atoms with E-state index in [9.17, 15) is 0 Å². The van der Waals surface area contributed by atoms with Crippen LogP contribution in [0.1, 0.15) is 19.8 Å². The molecular weight excluding hydrogens is 178 g/mol. The van der Waals surface area contributed by atoms with Crippen molar-refractivity contribution in [1.29, 1.82) is 0 Å². The molecular formula is C11H23NO2. The van der Waals surface area contributed by atoms with E-state index in [0.717, 1.165) is 26.1 Å². The van der Waals surface area contributed by atoms with Crippen LogP contribution in [0.3, 0.4) is 0 Å². The fraction of sp³-hybridized carbons (Fsp3) is 1.00. The van der Waals surface area contributed by atoms with Crippen molar-refractivity contribution >= 4 is 0 Å².